The first-order chi connectivity index (χ1) is 13.6. The zero-order chi connectivity index (χ0) is 19.9. The molecule has 2 heterocycles. The zero-order valence-electron chi connectivity index (χ0n) is 15.4. The van der Waals surface area contributed by atoms with Crippen molar-refractivity contribution in [1.29, 1.82) is 0 Å². The number of nitrogens with one attached hydrogen (secondary N) is 1. The van der Waals surface area contributed by atoms with Gasteiger partial charge in [0, 0.05) is 50.1 Å². The number of nitrogens with zero attached hydrogens (tertiary/aromatic N) is 2. The van der Waals surface area contributed by atoms with Gasteiger partial charge in [0.25, 0.3) is 11.8 Å². The van der Waals surface area contributed by atoms with E-state index in [-0.39, 0.29) is 36.3 Å². The van der Waals surface area contributed by atoms with Gasteiger partial charge in [0.1, 0.15) is 5.82 Å². The lowest BCUT2D eigenvalue weighted by Gasteiger charge is -2.22. The molecule has 2 aromatic rings. The van der Waals surface area contributed by atoms with Crippen molar-refractivity contribution in [1.82, 2.24) is 15.1 Å². The molecule has 8 heteroatoms. The topological polar surface area (TPSA) is 69.7 Å². The summed E-state index contributed by atoms with van der Waals surface area (Å²) in [6.07, 6.45) is 0.838. The minimum absolute atomic E-state index is 0.0541. The van der Waals surface area contributed by atoms with Crippen molar-refractivity contribution in [2.45, 2.75) is 12.8 Å². The smallest absolute Gasteiger partial charge is 0.256 e. The average Bonchev–Trinajstić information content (AvgIpc) is 3.12. The van der Waals surface area contributed by atoms with Crippen molar-refractivity contribution in [3.05, 3.63) is 58.0 Å². The van der Waals surface area contributed by atoms with Crippen molar-refractivity contribution in [2.24, 2.45) is 0 Å². The fourth-order valence-electron chi connectivity index (χ4n) is 3.11. The second-order valence-corrected chi connectivity index (χ2v) is 7.30. The van der Waals surface area contributed by atoms with Crippen LogP contribution in [-0.2, 0) is 4.79 Å². The van der Waals surface area contributed by atoms with Crippen molar-refractivity contribution in [3.8, 4) is 0 Å². The van der Waals surface area contributed by atoms with Crippen molar-refractivity contribution < 1.29 is 18.8 Å². The predicted molar refractivity (Wildman–Crippen MR) is 105 cm³/mol. The first kappa shape index (κ1) is 20.0. The number of carbonyl (C=O) groups is 3. The van der Waals surface area contributed by atoms with Gasteiger partial charge in [0.2, 0.25) is 5.91 Å². The standard InChI is InChI=1S/C20H22FN3O3S/c21-17-5-2-1-4-16(17)20(27)24-10-3-9-23(11-12-24)18(25)6-8-22-19(26)15-7-13-28-14-15/h1-2,4-5,7,13-14H,3,6,8-12H2,(H,22,26). The molecule has 1 aromatic carbocycles. The summed E-state index contributed by atoms with van der Waals surface area (Å²) in [5.41, 5.74) is 0.646. The number of halogens is 1. The number of rotatable bonds is 5. The Bertz CT molecular complexity index is 841. The first-order valence-corrected chi connectivity index (χ1v) is 10.1. The molecule has 0 aliphatic carbocycles. The van der Waals surface area contributed by atoms with Crippen LogP contribution < -0.4 is 5.32 Å². The molecule has 0 saturated carbocycles. The number of amides is 3. The Morgan fingerprint density at radius 1 is 1.04 bits per heavy atom. The Morgan fingerprint density at radius 2 is 1.79 bits per heavy atom. The Labute approximate surface area is 166 Å². The third-order valence-corrected chi connectivity index (χ3v) is 5.33. The highest BCUT2D eigenvalue weighted by Crippen LogP contribution is 2.13. The van der Waals surface area contributed by atoms with Gasteiger partial charge in [-0.25, -0.2) is 4.39 Å². The van der Waals surface area contributed by atoms with Gasteiger partial charge in [0.05, 0.1) is 5.56 Å². The molecule has 0 spiro atoms. The molecule has 0 bridgehead atoms. The highest BCUT2D eigenvalue weighted by Gasteiger charge is 2.24. The molecular weight excluding hydrogens is 381 g/mol. The van der Waals surface area contributed by atoms with Gasteiger partial charge in [0.15, 0.2) is 0 Å². The Kier molecular flexibility index (Phi) is 6.76. The van der Waals surface area contributed by atoms with Gasteiger partial charge < -0.3 is 15.1 Å². The third-order valence-electron chi connectivity index (χ3n) is 4.65. The van der Waals surface area contributed by atoms with E-state index >= 15 is 0 Å². The third kappa shape index (κ3) is 4.95. The number of benzene rings is 1. The number of carbonyl (C=O) groups excluding carboxylic acids is 3. The maximum absolute atomic E-state index is 13.9. The van der Waals surface area contributed by atoms with Crippen molar-refractivity contribution >= 4 is 29.1 Å². The highest BCUT2D eigenvalue weighted by atomic mass is 32.1. The van der Waals surface area contributed by atoms with Gasteiger partial charge in [-0.2, -0.15) is 11.3 Å². The SMILES string of the molecule is O=C(NCCC(=O)N1CCCN(C(=O)c2ccccc2F)CC1)c1ccsc1. The summed E-state index contributed by atoms with van der Waals surface area (Å²) >= 11 is 1.44. The van der Waals surface area contributed by atoms with E-state index < -0.39 is 5.82 Å². The van der Waals surface area contributed by atoms with Crippen LogP contribution in [0, 0.1) is 5.82 Å². The molecular formula is C20H22FN3O3S. The quantitative estimate of drug-likeness (QED) is 0.833. The number of thiophene rings is 1. The average molecular weight is 403 g/mol. The Morgan fingerprint density at radius 3 is 2.54 bits per heavy atom. The van der Waals surface area contributed by atoms with Gasteiger partial charge in [-0.3, -0.25) is 14.4 Å². The van der Waals surface area contributed by atoms with E-state index in [4.69, 9.17) is 0 Å². The molecule has 3 amide bonds. The van der Waals surface area contributed by atoms with Gasteiger partial charge in [-0.15, -0.1) is 0 Å². The van der Waals surface area contributed by atoms with E-state index in [1.807, 2.05) is 5.38 Å². The van der Waals surface area contributed by atoms with E-state index in [9.17, 15) is 18.8 Å². The maximum atomic E-state index is 13.9. The van der Waals surface area contributed by atoms with Crippen LogP contribution in [0.5, 0.6) is 0 Å². The number of hydrogen-bond donors (Lipinski definition) is 1. The Hall–Kier alpha value is -2.74. The molecule has 1 aliphatic rings. The normalized spacial score (nSPS) is 14.5. The summed E-state index contributed by atoms with van der Waals surface area (Å²) in [5, 5.41) is 6.32. The van der Waals surface area contributed by atoms with E-state index in [0.717, 1.165) is 0 Å². The second kappa shape index (κ2) is 9.45. The summed E-state index contributed by atoms with van der Waals surface area (Å²) in [5.74, 6) is -1.14. The minimum Gasteiger partial charge on any atom is -0.351 e. The van der Waals surface area contributed by atoms with Gasteiger partial charge in [-0.05, 0) is 30.0 Å². The summed E-state index contributed by atoms with van der Waals surface area (Å²) in [7, 11) is 0. The molecule has 28 heavy (non-hydrogen) atoms. The Balaban J connectivity index is 1.48. The summed E-state index contributed by atoms with van der Waals surface area (Å²) in [6, 6.07) is 7.66. The van der Waals surface area contributed by atoms with Gasteiger partial charge in [-0.1, -0.05) is 12.1 Å². The lowest BCUT2D eigenvalue weighted by molar-refractivity contribution is -0.130. The van der Waals surface area contributed by atoms with Crippen LogP contribution >= 0.6 is 11.3 Å². The van der Waals surface area contributed by atoms with E-state index in [1.54, 1.807) is 33.4 Å². The fourth-order valence-corrected chi connectivity index (χ4v) is 3.75. The van der Waals surface area contributed by atoms with Crippen LogP contribution in [0.1, 0.15) is 33.6 Å². The van der Waals surface area contributed by atoms with Crippen LogP contribution in [0.3, 0.4) is 0 Å². The van der Waals surface area contributed by atoms with Crippen LogP contribution in [0.25, 0.3) is 0 Å². The fraction of sp³-hybridized carbons (Fsp3) is 0.350. The van der Waals surface area contributed by atoms with Crippen LogP contribution in [0.15, 0.2) is 41.1 Å². The zero-order valence-corrected chi connectivity index (χ0v) is 16.2. The summed E-state index contributed by atoms with van der Waals surface area (Å²) in [4.78, 5) is 40.2. The largest absolute Gasteiger partial charge is 0.351 e. The lowest BCUT2D eigenvalue weighted by atomic mass is 10.2. The van der Waals surface area contributed by atoms with E-state index in [0.29, 0.717) is 38.2 Å². The van der Waals surface area contributed by atoms with Crippen molar-refractivity contribution in [3.63, 3.8) is 0 Å². The summed E-state index contributed by atoms with van der Waals surface area (Å²) in [6.45, 7) is 2.05. The molecule has 148 valence electrons. The molecule has 1 saturated heterocycles. The molecule has 1 fully saturated rings. The van der Waals surface area contributed by atoms with Crippen LogP contribution in [0.2, 0.25) is 0 Å². The molecule has 0 radical (unpaired) electrons. The molecule has 1 aromatic heterocycles. The monoisotopic (exact) mass is 403 g/mol. The molecule has 1 aliphatic heterocycles. The molecule has 6 nitrogen and oxygen atoms in total. The maximum Gasteiger partial charge on any atom is 0.256 e. The molecule has 0 unspecified atom stereocenters. The molecule has 0 atom stereocenters. The first-order valence-electron chi connectivity index (χ1n) is 9.18. The lowest BCUT2D eigenvalue weighted by Crippen LogP contribution is -2.38. The van der Waals surface area contributed by atoms with Gasteiger partial charge >= 0.3 is 0 Å². The second-order valence-electron chi connectivity index (χ2n) is 6.52. The van der Waals surface area contributed by atoms with E-state index in [1.165, 1.54) is 23.5 Å². The van der Waals surface area contributed by atoms with Crippen molar-refractivity contribution in [2.75, 3.05) is 32.7 Å². The van der Waals surface area contributed by atoms with E-state index in [2.05, 4.69) is 5.32 Å². The number of hydrogen-bond acceptors (Lipinski definition) is 4. The van der Waals surface area contributed by atoms with Crippen LogP contribution in [0.4, 0.5) is 4.39 Å². The minimum atomic E-state index is -0.536. The molecule has 3 rings (SSSR count). The van der Waals surface area contributed by atoms with Crippen LogP contribution in [-0.4, -0.2) is 60.2 Å². The highest BCUT2D eigenvalue weighted by molar-refractivity contribution is 7.08. The molecule has 1 N–H and O–H groups in total. The predicted octanol–water partition coefficient (Wildman–Crippen LogP) is 2.38. The summed E-state index contributed by atoms with van der Waals surface area (Å²) < 4.78 is 13.9.